The van der Waals surface area contributed by atoms with Gasteiger partial charge in [0.25, 0.3) is 0 Å². The van der Waals surface area contributed by atoms with Gasteiger partial charge in [-0.05, 0) is 33.6 Å². The molecule has 0 aromatic rings. The van der Waals surface area contributed by atoms with Crippen LogP contribution in [0.4, 0.5) is 0 Å². The normalized spacial score (nSPS) is 40.1. The molecular formula is C10H16N2O2. The molecule has 2 saturated heterocycles. The molecule has 0 spiro atoms. The molecular weight excluding hydrogens is 180 g/mol. The summed E-state index contributed by atoms with van der Waals surface area (Å²) in [5, 5.41) is 4.73. The van der Waals surface area contributed by atoms with Gasteiger partial charge in [-0.1, -0.05) is 0 Å². The minimum Gasteiger partial charge on any atom is -0.299 e. The van der Waals surface area contributed by atoms with Crippen LogP contribution in [0.15, 0.2) is 5.29 Å². The second kappa shape index (κ2) is 2.55. The summed E-state index contributed by atoms with van der Waals surface area (Å²) in [7, 11) is 0. The summed E-state index contributed by atoms with van der Waals surface area (Å²) in [4.78, 5) is 22.6. The summed E-state index contributed by atoms with van der Waals surface area (Å²) in [5.41, 5.74) is -0.735. The quantitative estimate of drug-likeness (QED) is 0.602. The fourth-order valence-electron chi connectivity index (χ4n) is 3.18. The van der Waals surface area contributed by atoms with Gasteiger partial charge in [0, 0.05) is 12.3 Å². The van der Waals surface area contributed by atoms with Gasteiger partial charge in [0.15, 0.2) is 0 Å². The molecule has 3 rings (SSSR count). The van der Waals surface area contributed by atoms with Crippen LogP contribution in [-0.4, -0.2) is 21.9 Å². The number of fused-ring (bicyclic) bond motifs is 3. The van der Waals surface area contributed by atoms with Gasteiger partial charge in [-0.2, -0.15) is 0 Å². The number of piperidine rings is 2. The Kier molecular flexibility index (Phi) is 1.75. The van der Waals surface area contributed by atoms with E-state index in [0.717, 1.165) is 12.8 Å². The molecule has 4 nitrogen and oxygen atoms in total. The van der Waals surface area contributed by atoms with E-state index in [1.807, 2.05) is 20.8 Å². The van der Waals surface area contributed by atoms with Crippen LogP contribution in [-0.2, 0) is 4.79 Å². The van der Waals surface area contributed by atoms with E-state index in [2.05, 4.69) is 5.29 Å². The fourth-order valence-corrected chi connectivity index (χ4v) is 3.18. The van der Waals surface area contributed by atoms with E-state index in [0.29, 0.717) is 12.2 Å². The first-order chi connectivity index (χ1) is 6.42. The monoisotopic (exact) mass is 196 g/mol. The number of rotatable bonds is 1. The molecule has 78 valence electrons. The van der Waals surface area contributed by atoms with E-state index >= 15 is 0 Å². The summed E-state index contributed by atoms with van der Waals surface area (Å²) in [6.07, 6.45) is 2.28. The molecule has 0 radical (unpaired) electrons. The summed E-state index contributed by atoms with van der Waals surface area (Å²) in [6, 6.07) is 0. The molecule has 1 aliphatic carbocycles. The number of hydrogen-bond donors (Lipinski definition) is 0. The third kappa shape index (κ3) is 0.967. The topological polar surface area (TPSA) is 49.7 Å². The number of hydrogen-bond acceptors (Lipinski definition) is 3. The SMILES string of the molecule is CC12CCC(C(=O)C1)C(C)(C)N2N=O. The lowest BCUT2D eigenvalue weighted by Gasteiger charge is -2.58. The highest BCUT2D eigenvalue weighted by Gasteiger charge is 2.58. The van der Waals surface area contributed by atoms with Gasteiger partial charge in [0.1, 0.15) is 5.78 Å². The number of carbonyl (C=O) groups is 1. The molecule has 3 aliphatic rings. The maximum atomic E-state index is 11.8. The predicted octanol–water partition coefficient (Wildman–Crippen LogP) is 1.89. The van der Waals surface area contributed by atoms with Gasteiger partial charge in [-0.15, -0.1) is 4.91 Å². The first kappa shape index (κ1) is 9.62. The van der Waals surface area contributed by atoms with Crippen molar-refractivity contribution >= 4 is 5.78 Å². The second-order valence-corrected chi connectivity index (χ2v) is 5.28. The van der Waals surface area contributed by atoms with Crippen LogP contribution in [0.2, 0.25) is 0 Å². The molecule has 3 fully saturated rings. The van der Waals surface area contributed by atoms with E-state index in [4.69, 9.17) is 0 Å². The van der Waals surface area contributed by atoms with E-state index in [9.17, 15) is 9.70 Å². The van der Waals surface area contributed by atoms with Crippen LogP contribution in [0.3, 0.4) is 0 Å². The smallest absolute Gasteiger partial charge is 0.140 e. The third-order valence-corrected chi connectivity index (χ3v) is 3.91. The van der Waals surface area contributed by atoms with E-state index in [1.165, 1.54) is 0 Å². The van der Waals surface area contributed by atoms with Crippen molar-refractivity contribution in [2.75, 3.05) is 0 Å². The van der Waals surface area contributed by atoms with Crippen molar-refractivity contribution in [2.24, 2.45) is 11.2 Å². The zero-order valence-electron chi connectivity index (χ0n) is 8.91. The first-order valence-corrected chi connectivity index (χ1v) is 5.08. The van der Waals surface area contributed by atoms with E-state index in [1.54, 1.807) is 5.01 Å². The zero-order chi connectivity index (χ0) is 10.6. The van der Waals surface area contributed by atoms with Crippen molar-refractivity contribution in [3.63, 3.8) is 0 Å². The molecule has 0 aromatic carbocycles. The molecule has 2 bridgehead atoms. The van der Waals surface area contributed by atoms with Gasteiger partial charge in [0.2, 0.25) is 0 Å². The molecule has 2 unspecified atom stereocenters. The van der Waals surface area contributed by atoms with Crippen molar-refractivity contribution < 1.29 is 4.79 Å². The highest BCUT2D eigenvalue weighted by atomic mass is 16.3. The van der Waals surface area contributed by atoms with Gasteiger partial charge in [-0.3, -0.25) is 4.79 Å². The average molecular weight is 196 g/mol. The van der Waals surface area contributed by atoms with Gasteiger partial charge >= 0.3 is 0 Å². The average Bonchev–Trinajstić information content (AvgIpc) is 2.01. The van der Waals surface area contributed by atoms with Crippen molar-refractivity contribution in [1.29, 1.82) is 0 Å². The third-order valence-electron chi connectivity index (χ3n) is 3.91. The molecule has 2 aliphatic heterocycles. The minimum absolute atomic E-state index is 0.0120. The standard InChI is InChI=1S/C10H16N2O2/c1-9(2)7-4-5-10(3,6-8(7)13)12(9)11-14/h7H,4-6H2,1-3H3. The van der Waals surface area contributed by atoms with Gasteiger partial charge in [0.05, 0.1) is 16.4 Å². The van der Waals surface area contributed by atoms with E-state index < -0.39 is 5.54 Å². The van der Waals surface area contributed by atoms with Crippen molar-refractivity contribution in [3.8, 4) is 0 Å². The van der Waals surface area contributed by atoms with Crippen LogP contribution in [0.25, 0.3) is 0 Å². The van der Waals surface area contributed by atoms with Crippen molar-refractivity contribution in [3.05, 3.63) is 4.91 Å². The fraction of sp³-hybridized carbons (Fsp3) is 0.900. The molecule has 0 aromatic heterocycles. The molecule has 1 saturated carbocycles. The lowest BCUT2D eigenvalue weighted by atomic mass is 9.63. The number of nitroso groups, excluding NO2 is 1. The second-order valence-electron chi connectivity index (χ2n) is 5.28. The summed E-state index contributed by atoms with van der Waals surface area (Å²) in [6.45, 7) is 5.84. The Morgan fingerprint density at radius 3 is 2.50 bits per heavy atom. The molecule has 14 heavy (non-hydrogen) atoms. The Balaban J connectivity index is 2.46. The Labute approximate surface area is 83.6 Å². The van der Waals surface area contributed by atoms with Crippen molar-refractivity contribution in [2.45, 2.75) is 51.1 Å². The highest BCUT2D eigenvalue weighted by molar-refractivity contribution is 5.85. The molecule has 0 amide bonds. The summed E-state index contributed by atoms with van der Waals surface area (Å²) in [5.74, 6) is 0.283. The summed E-state index contributed by atoms with van der Waals surface area (Å²) < 4.78 is 0. The maximum Gasteiger partial charge on any atom is 0.140 e. The lowest BCUT2D eigenvalue weighted by Crippen LogP contribution is -2.67. The van der Waals surface area contributed by atoms with Crippen molar-refractivity contribution in [1.82, 2.24) is 5.01 Å². The number of ketones is 1. The van der Waals surface area contributed by atoms with Gasteiger partial charge in [-0.25, -0.2) is 5.01 Å². The Morgan fingerprint density at radius 1 is 1.43 bits per heavy atom. The number of nitrogens with zero attached hydrogens (tertiary/aromatic N) is 2. The Morgan fingerprint density at radius 2 is 2.07 bits per heavy atom. The molecule has 4 heteroatoms. The van der Waals surface area contributed by atoms with Crippen LogP contribution >= 0.6 is 0 Å². The Bertz CT molecular complexity index is 296. The zero-order valence-corrected chi connectivity index (χ0v) is 8.91. The van der Waals surface area contributed by atoms with Gasteiger partial charge < -0.3 is 0 Å². The maximum absolute atomic E-state index is 11.8. The predicted molar refractivity (Wildman–Crippen MR) is 52.5 cm³/mol. The molecule has 2 atom stereocenters. The first-order valence-electron chi connectivity index (χ1n) is 5.08. The lowest BCUT2D eigenvalue weighted by molar-refractivity contribution is -0.159. The number of carbonyl (C=O) groups excluding carboxylic acids is 1. The summed E-state index contributed by atoms with van der Waals surface area (Å²) >= 11 is 0. The minimum atomic E-state index is -0.399. The largest absolute Gasteiger partial charge is 0.299 e. The van der Waals surface area contributed by atoms with Crippen LogP contribution in [0.5, 0.6) is 0 Å². The van der Waals surface area contributed by atoms with E-state index in [-0.39, 0.29) is 11.5 Å². The van der Waals surface area contributed by atoms with Crippen LogP contribution in [0, 0.1) is 10.8 Å². The highest BCUT2D eigenvalue weighted by Crippen LogP contribution is 2.49. The van der Waals surface area contributed by atoms with Crippen LogP contribution < -0.4 is 0 Å². The molecule has 2 heterocycles. The molecule has 0 N–H and O–H groups in total. The number of Topliss-reactive ketones (excluding diaryl/α,β-unsaturated/α-hetero) is 1. The Hall–Kier alpha value is -0.930. The van der Waals surface area contributed by atoms with Crippen LogP contribution in [0.1, 0.15) is 40.0 Å².